The van der Waals surface area contributed by atoms with Gasteiger partial charge in [0.1, 0.15) is 0 Å². The smallest absolute Gasteiger partial charge is 0.320 e. The van der Waals surface area contributed by atoms with Gasteiger partial charge in [0.15, 0.2) is 5.82 Å². The average Bonchev–Trinajstić information content (AvgIpc) is 3.07. The molecule has 1 aliphatic rings. The number of hydrogen-bond donors (Lipinski definition) is 3. The summed E-state index contributed by atoms with van der Waals surface area (Å²) < 4.78 is 5.41. The highest BCUT2D eigenvalue weighted by molar-refractivity contribution is 9.08. The Morgan fingerprint density at radius 2 is 2.44 bits per heavy atom. The highest BCUT2D eigenvalue weighted by Crippen LogP contribution is 2.28. The second kappa shape index (κ2) is 6.75. The molecule has 18 heavy (non-hydrogen) atoms. The van der Waals surface area contributed by atoms with Crippen LogP contribution in [0.2, 0.25) is 0 Å². The van der Waals surface area contributed by atoms with Crippen LogP contribution in [0.15, 0.2) is 6.07 Å². The Balaban J connectivity index is 1.56. The number of aromatic amines is 1. The van der Waals surface area contributed by atoms with Gasteiger partial charge in [0.25, 0.3) is 0 Å². The summed E-state index contributed by atoms with van der Waals surface area (Å²) in [6.45, 7) is 1.88. The lowest BCUT2D eigenvalue weighted by molar-refractivity contribution is 0.127. The monoisotopic (exact) mass is 316 g/mol. The SMILES string of the molecule is O=C(NCCOCC1CC1)Nc1cc(CBr)[nH]n1. The molecular formula is C11H17BrN4O2. The molecule has 1 aromatic rings. The largest absolute Gasteiger partial charge is 0.379 e. The van der Waals surface area contributed by atoms with Crippen LogP contribution < -0.4 is 10.6 Å². The summed E-state index contributed by atoms with van der Waals surface area (Å²) in [6.07, 6.45) is 2.56. The minimum atomic E-state index is -0.266. The van der Waals surface area contributed by atoms with E-state index in [2.05, 4.69) is 36.8 Å². The first kappa shape index (κ1) is 13.4. The molecule has 1 fully saturated rings. The number of nitrogens with one attached hydrogen (secondary N) is 3. The van der Waals surface area contributed by atoms with Gasteiger partial charge in [-0.2, -0.15) is 5.10 Å². The van der Waals surface area contributed by atoms with Crippen molar-refractivity contribution in [2.75, 3.05) is 25.1 Å². The van der Waals surface area contributed by atoms with Crippen LogP contribution in [0.4, 0.5) is 10.6 Å². The summed E-state index contributed by atoms with van der Waals surface area (Å²) in [5.74, 6) is 1.27. The van der Waals surface area contributed by atoms with Crippen molar-refractivity contribution < 1.29 is 9.53 Å². The fourth-order valence-corrected chi connectivity index (χ4v) is 1.71. The fourth-order valence-electron chi connectivity index (χ4n) is 1.43. The van der Waals surface area contributed by atoms with Gasteiger partial charge in [0.2, 0.25) is 0 Å². The quantitative estimate of drug-likeness (QED) is 0.530. The van der Waals surface area contributed by atoms with Crippen molar-refractivity contribution in [3.8, 4) is 0 Å². The molecule has 0 saturated heterocycles. The summed E-state index contributed by atoms with van der Waals surface area (Å²) >= 11 is 3.30. The number of carbonyl (C=O) groups excluding carboxylic acids is 1. The van der Waals surface area contributed by atoms with E-state index in [9.17, 15) is 4.79 Å². The molecule has 0 aliphatic heterocycles. The number of halogens is 1. The maximum Gasteiger partial charge on any atom is 0.320 e. The van der Waals surface area contributed by atoms with E-state index < -0.39 is 0 Å². The first-order valence-electron chi connectivity index (χ1n) is 6.01. The molecule has 1 saturated carbocycles. The van der Waals surface area contributed by atoms with Crippen LogP contribution in [0.3, 0.4) is 0 Å². The van der Waals surface area contributed by atoms with Gasteiger partial charge >= 0.3 is 6.03 Å². The lowest BCUT2D eigenvalue weighted by Gasteiger charge is -2.06. The van der Waals surface area contributed by atoms with E-state index >= 15 is 0 Å². The number of aromatic nitrogens is 2. The van der Waals surface area contributed by atoms with Crippen molar-refractivity contribution >= 4 is 27.8 Å². The second-order valence-electron chi connectivity index (χ2n) is 4.31. The van der Waals surface area contributed by atoms with Gasteiger partial charge in [-0.25, -0.2) is 4.79 Å². The Bertz CT molecular complexity index is 392. The molecule has 0 atom stereocenters. The van der Waals surface area contributed by atoms with Crippen molar-refractivity contribution in [3.05, 3.63) is 11.8 Å². The van der Waals surface area contributed by atoms with Crippen molar-refractivity contribution in [2.45, 2.75) is 18.2 Å². The molecule has 1 aromatic heterocycles. The third-order valence-corrected chi connectivity index (χ3v) is 3.20. The zero-order valence-corrected chi connectivity index (χ0v) is 11.6. The van der Waals surface area contributed by atoms with E-state index in [1.54, 1.807) is 6.07 Å². The van der Waals surface area contributed by atoms with Crippen LogP contribution in [0, 0.1) is 5.92 Å². The highest BCUT2D eigenvalue weighted by atomic mass is 79.9. The van der Waals surface area contributed by atoms with Crippen LogP contribution in [-0.2, 0) is 10.1 Å². The second-order valence-corrected chi connectivity index (χ2v) is 4.87. The molecule has 2 amide bonds. The van der Waals surface area contributed by atoms with E-state index in [1.807, 2.05) is 0 Å². The van der Waals surface area contributed by atoms with Gasteiger partial charge in [-0.1, -0.05) is 15.9 Å². The zero-order chi connectivity index (χ0) is 12.8. The number of amides is 2. The van der Waals surface area contributed by atoms with Crippen molar-refractivity contribution in [2.24, 2.45) is 5.92 Å². The van der Waals surface area contributed by atoms with Crippen LogP contribution >= 0.6 is 15.9 Å². The maximum absolute atomic E-state index is 11.5. The Morgan fingerprint density at radius 1 is 1.61 bits per heavy atom. The fraction of sp³-hybridized carbons (Fsp3) is 0.636. The summed E-state index contributed by atoms with van der Waals surface area (Å²) in [4.78, 5) is 11.5. The van der Waals surface area contributed by atoms with Gasteiger partial charge in [-0.05, 0) is 18.8 Å². The van der Waals surface area contributed by atoms with E-state index in [0.29, 0.717) is 24.3 Å². The molecule has 0 spiro atoms. The molecule has 0 unspecified atom stereocenters. The molecule has 2 rings (SSSR count). The predicted octanol–water partition coefficient (Wildman–Crippen LogP) is 1.85. The number of nitrogens with zero attached hydrogens (tertiary/aromatic N) is 1. The molecule has 0 aromatic carbocycles. The minimum absolute atomic E-state index is 0.266. The molecule has 1 aliphatic carbocycles. The molecule has 0 radical (unpaired) electrons. The van der Waals surface area contributed by atoms with E-state index in [-0.39, 0.29) is 6.03 Å². The lowest BCUT2D eigenvalue weighted by Crippen LogP contribution is -2.31. The Labute approximate surface area is 114 Å². The van der Waals surface area contributed by atoms with Gasteiger partial charge in [-0.3, -0.25) is 10.4 Å². The van der Waals surface area contributed by atoms with Crippen molar-refractivity contribution in [1.82, 2.24) is 15.5 Å². The van der Waals surface area contributed by atoms with Gasteiger partial charge in [-0.15, -0.1) is 0 Å². The normalized spacial score (nSPS) is 14.5. The molecule has 7 heteroatoms. The van der Waals surface area contributed by atoms with Gasteiger partial charge < -0.3 is 10.1 Å². The van der Waals surface area contributed by atoms with Crippen LogP contribution in [0.25, 0.3) is 0 Å². The number of H-pyrrole nitrogens is 1. The van der Waals surface area contributed by atoms with E-state index in [1.165, 1.54) is 12.8 Å². The molecular weight excluding hydrogens is 300 g/mol. The topological polar surface area (TPSA) is 79.0 Å². The van der Waals surface area contributed by atoms with Gasteiger partial charge in [0.05, 0.1) is 6.61 Å². The number of urea groups is 1. The zero-order valence-electron chi connectivity index (χ0n) is 10.0. The summed E-state index contributed by atoms with van der Waals surface area (Å²) in [6, 6.07) is 1.51. The highest BCUT2D eigenvalue weighted by Gasteiger charge is 2.20. The van der Waals surface area contributed by atoms with Crippen molar-refractivity contribution in [1.29, 1.82) is 0 Å². The van der Waals surface area contributed by atoms with Crippen LogP contribution in [0.5, 0.6) is 0 Å². The predicted molar refractivity (Wildman–Crippen MR) is 71.8 cm³/mol. The molecule has 3 N–H and O–H groups in total. The summed E-state index contributed by atoms with van der Waals surface area (Å²) in [5, 5.41) is 12.8. The lowest BCUT2D eigenvalue weighted by atomic mass is 10.5. The molecule has 6 nitrogen and oxygen atoms in total. The number of hydrogen-bond acceptors (Lipinski definition) is 3. The summed E-state index contributed by atoms with van der Waals surface area (Å²) in [7, 11) is 0. The van der Waals surface area contributed by atoms with E-state index in [4.69, 9.17) is 4.74 Å². The first-order valence-corrected chi connectivity index (χ1v) is 7.13. The molecule has 1 heterocycles. The Kier molecular flexibility index (Phi) is 5.00. The number of ether oxygens (including phenoxy) is 1. The number of rotatable bonds is 7. The van der Waals surface area contributed by atoms with Crippen LogP contribution in [0.1, 0.15) is 18.5 Å². The number of anilines is 1. The maximum atomic E-state index is 11.5. The first-order chi connectivity index (χ1) is 8.78. The third-order valence-electron chi connectivity index (χ3n) is 2.60. The Hall–Kier alpha value is -1.08. The Morgan fingerprint density at radius 3 is 3.11 bits per heavy atom. The average molecular weight is 317 g/mol. The number of carbonyl (C=O) groups is 1. The third kappa shape index (κ3) is 4.66. The molecule has 100 valence electrons. The minimum Gasteiger partial charge on any atom is -0.379 e. The van der Waals surface area contributed by atoms with Gasteiger partial charge in [0, 0.05) is 30.2 Å². The molecule has 0 bridgehead atoms. The van der Waals surface area contributed by atoms with Crippen molar-refractivity contribution in [3.63, 3.8) is 0 Å². The standard InChI is InChI=1S/C11H17BrN4O2/c12-6-9-5-10(16-15-9)14-11(17)13-3-4-18-7-8-1-2-8/h5,8H,1-4,6-7H2,(H3,13,14,15,16,17). The summed E-state index contributed by atoms with van der Waals surface area (Å²) in [5.41, 5.74) is 0.915. The van der Waals surface area contributed by atoms with E-state index in [0.717, 1.165) is 18.2 Å². The number of alkyl halides is 1. The van der Waals surface area contributed by atoms with Crippen LogP contribution in [-0.4, -0.2) is 36.0 Å².